The van der Waals surface area contributed by atoms with Crippen LogP contribution in [0.2, 0.25) is 0 Å². The fourth-order valence-corrected chi connectivity index (χ4v) is 2.29. The van der Waals surface area contributed by atoms with Crippen LogP contribution in [-0.4, -0.2) is 17.4 Å². The molecule has 6 nitrogen and oxygen atoms in total. The van der Waals surface area contributed by atoms with Crippen molar-refractivity contribution in [3.63, 3.8) is 0 Å². The second-order valence-corrected chi connectivity index (χ2v) is 5.65. The monoisotopic (exact) mass is 381 g/mol. The molecule has 0 unspecified atom stereocenters. The summed E-state index contributed by atoms with van der Waals surface area (Å²) in [6, 6.07) is 8.85. The maximum Gasteiger partial charge on any atom is 0.274 e. The molecule has 0 spiro atoms. The van der Waals surface area contributed by atoms with E-state index in [4.69, 9.17) is 0 Å². The van der Waals surface area contributed by atoms with Gasteiger partial charge in [-0.25, -0.2) is 4.39 Å². The number of benzene rings is 2. The molecule has 0 atom stereocenters. The zero-order valence-corrected chi connectivity index (χ0v) is 13.7. The van der Waals surface area contributed by atoms with Gasteiger partial charge in [-0.3, -0.25) is 14.9 Å². The van der Waals surface area contributed by atoms with Crippen molar-refractivity contribution in [2.75, 3.05) is 17.2 Å². The summed E-state index contributed by atoms with van der Waals surface area (Å²) in [5.74, 6) is -0.922. The fraction of sp³-hybridized carbons (Fsp3) is 0.133. The Morgan fingerprint density at radius 1 is 1.30 bits per heavy atom. The number of hydrogen-bond acceptors (Lipinski definition) is 4. The topological polar surface area (TPSA) is 84.3 Å². The minimum atomic E-state index is -0.513. The zero-order valence-electron chi connectivity index (χ0n) is 12.1. The van der Waals surface area contributed by atoms with Crippen molar-refractivity contribution in [2.45, 2.75) is 6.92 Å². The normalized spacial score (nSPS) is 10.2. The highest BCUT2D eigenvalue weighted by molar-refractivity contribution is 9.10. The van der Waals surface area contributed by atoms with Crippen LogP contribution in [0.4, 0.5) is 21.5 Å². The van der Waals surface area contributed by atoms with Crippen LogP contribution in [-0.2, 0) is 4.79 Å². The van der Waals surface area contributed by atoms with Crippen molar-refractivity contribution in [3.8, 4) is 0 Å². The Hall–Kier alpha value is -2.48. The molecule has 2 aromatic carbocycles. The molecule has 2 rings (SSSR count). The molecule has 8 heteroatoms. The van der Waals surface area contributed by atoms with Gasteiger partial charge in [-0.2, -0.15) is 0 Å². The molecule has 2 aromatic rings. The highest BCUT2D eigenvalue weighted by Gasteiger charge is 2.14. The SMILES string of the molecule is Cc1c(NC(=O)CNc2ccc(Br)cc2F)cccc1[N+](=O)[O-]. The van der Waals surface area contributed by atoms with Gasteiger partial charge in [0.05, 0.1) is 28.4 Å². The van der Waals surface area contributed by atoms with E-state index in [1.165, 1.54) is 24.3 Å². The van der Waals surface area contributed by atoms with Crippen molar-refractivity contribution in [3.05, 3.63) is 62.4 Å². The largest absolute Gasteiger partial charge is 0.374 e. The van der Waals surface area contributed by atoms with Crippen LogP contribution >= 0.6 is 15.9 Å². The Kier molecular flexibility index (Phi) is 5.28. The zero-order chi connectivity index (χ0) is 17.0. The van der Waals surface area contributed by atoms with E-state index >= 15 is 0 Å². The molecular formula is C15H13BrFN3O3. The van der Waals surface area contributed by atoms with E-state index in [-0.39, 0.29) is 17.9 Å². The number of rotatable bonds is 5. The van der Waals surface area contributed by atoms with E-state index in [2.05, 4.69) is 26.6 Å². The van der Waals surface area contributed by atoms with E-state index in [0.29, 0.717) is 15.7 Å². The summed E-state index contributed by atoms with van der Waals surface area (Å²) in [5.41, 5.74) is 0.830. The molecule has 0 aliphatic rings. The molecular weight excluding hydrogens is 369 g/mol. The van der Waals surface area contributed by atoms with Gasteiger partial charge < -0.3 is 10.6 Å². The van der Waals surface area contributed by atoms with Gasteiger partial charge in [0.2, 0.25) is 5.91 Å². The van der Waals surface area contributed by atoms with Crippen molar-refractivity contribution < 1.29 is 14.1 Å². The lowest BCUT2D eigenvalue weighted by Crippen LogP contribution is -2.22. The lowest BCUT2D eigenvalue weighted by Gasteiger charge is -2.10. The second-order valence-electron chi connectivity index (χ2n) is 4.73. The number of nitro groups is 1. The van der Waals surface area contributed by atoms with Crippen LogP contribution in [0.15, 0.2) is 40.9 Å². The van der Waals surface area contributed by atoms with E-state index < -0.39 is 16.6 Å². The first-order chi connectivity index (χ1) is 10.9. The minimum Gasteiger partial charge on any atom is -0.374 e. The van der Waals surface area contributed by atoms with Crippen LogP contribution in [0.3, 0.4) is 0 Å². The maximum absolute atomic E-state index is 13.6. The average molecular weight is 382 g/mol. The molecule has 1 amide bonds. The van der Waals surface area contributed by atoms with E-state index in [1.807, 2.05) is 0 Å². The second kappa shape index (κ2) is 7.19. The molecule has 0 radical (unpaired) electrons. The van der Waals surface area contributed by atoms with Gasteiger partial charge in [-0.15, -0.1) is 0 Å². The molecule has 0 aliphatic carbocycles. The summed E-state index contributed by atoms with van der Waals surface area (Å²) in [5, 5.41) is 16.1. The highest BCUT2D eigenvalue weighted by Crippen LogP contribution is 2.25. The summed E-state index contributed by atoms with van der Waals surface area (Å²) in [6.45, 7) is 1.39. The lowest BCUT2D eigenvalue weighted by atomic mass is 10.1. The highest BCUT2D eigenvalue weighted by atomic mass is 79.9. The Balaban J connectivity index is 2.03. The van der Waals surface area contributed by atoms with Gasteiger partial charge in [-0.05, 0) is 31.2 Å². The first-order valence-corrected chi connectivity index (χ1v) is 7.40. The first-order valence-electron chi connectivity index (χ1n) is 6.61. The lowest BCUT2D eigenvalue weighted by molar-refractivity contribution is -0.385. The Labute approximate surface area is 140 Å². The van der Waals surface area contributed by atoms with E-state index in [0.717, 1.165) is 0 Å². The molecule has 23 heavy (non-hydrogen) atoms. The summed E-state index contributed by atoms with van der Waals surface area (Å²) >= 11 is 3.14. The third-order valence-corrected chi connectivity index (χ3v) is 3.64. The standard InChI is InChI=1S/C15H13BrFN3O3/c1-9-12(3-2-4-14(9)20(22)23)19-15(21)8-18-13-6-5-10(16)7-11(13)17/h2-7,18H,8H2,1H3,(H,19,21). The van der Waals surface area contributed by atoms with E-state index in [9.17, 15) is 19.3 Å². The molecule has 0 aliphatic heterocycles. The molecule has 0 bridgehead atoms. The van der Waals surface area contributed by atoms with Crippen LogP contribution in [0.25, 0.3) is 0 Å². The Morgan fingerprint density at radius 2 is 2.04 bits per heavy atom. The van der Waals surface area contributed by atoms with Crippen molar-refractivity contribution in [1.29, 1.82) is 0 Å². The quantitative estimate of drug-likeness (QED) is 0.608. The predicted octanol–water partition coefficient (Wildman–Crippen LogP) is 3.86. The van der Waals surface area contributed by atoms with Gasteiger partial charge in [0.25, 0.3) is 5.69 Å². The average Bonchev–Trinajstić information content (AvgIpc) is 2.48. The summed E-state index contributed by atoms with van der Waals surface area (Å²) < 4.78 is 14.2. The number of amides is 1. The number of nitro benzene ring substituents is 1. The van der Waals surface area contributed by atoms with Gasteiger partial charge in [0, 0.05) is 10.5 Å². The number of nitrogens with one attached hydrogen (secondary N) is 2. The Morgan fingerprint density at radius 3 is 2.70 bits per heavy atom. The number of hydrogen-bond donors (Lipinski definition) is 2. The van der Waals surface area contributed by atoms with Crippen molar-refractivity contribution >= 4 is 38.9 Å². The summed E-state index contributed by atoms with van der Waals surface area (Å²) in [6.07, 6.45) is 0. The van der Waals surface area contributed by atoms with Gasteiger partial charge in [-0.1, -0.05) is 22.0 Å². The first kappa shape index (κ1) is 16.9. The van der Waals surface area contributed by atoms with Crippen molar-refractivity contribution in [1.82, 2.24) is 0 Å². The minimum absolute atomic E-state index is 0.0743. The van der Waals surface area contributed by atoms with Crippen molar-refractivity contribution in [2.24, 2.45) is 0 Å². The molecule has 120 valence electrons. The maximum atomic E-state index is 13.6. The molecule has 0 saturated carbocycles. The number of halogens is 2. The fourth-order valence-electron chi connectivity index (χ4n) is 1.96. The number of anilines is 2. The summed E-state index contributed by atoms with van der Waals surface area (Å²) in [4.78, 5) is 22.3. The predicted molar refractivity (Wildman–Crippen MR) is 89.1 cm³/mol. The smallest absolute Gasteiger partial charge is 0.274 e. The van der Waals surface area contributed by atoms with E-state index in [1.54, 1.807) is 19.1 Å². The van der Waals surface area contributed by atoms with Crippen LogP contribution in [0.1, 0.15) is 5.56 Å². The molecule has 0 aromatic heterocycles. The molecule has 2 N–H and O–H groups in total. The number of nitrogens with zero attached hydrogens (tertiary/aromatic N) is 1. The Bertz CT molecular complexity index is 768. The number of carbonyl (C=O) groups is 1. The van der Waals surface area contributed by atoms with Crippen LogP contribution < -0.4 is 10.6 Å². The molecule has 0 saturated heterocycles. The van der Waals surface area contributed by atoms with Crippen LogP contribution in [0.5, 0.6) is 0 Å². The number of carbonyl (C=O) groups excluding carboxylic acids is 1. The third kappa shape index (κ3) is 4.26. The molecule has 0 fully saturated rings. The summed E-state index contributed by atoms with van der Waals surface area (Å²) in [7, 11) is 0. The third-order valence-electron chi connectivity index (χ3n) is 3.15. The van der Waals surface area contributed by atoms with Gasteiger partial charge in [0.1, 0.15) is 5.82 Å². The molecule has 0 heterocycles. The van der Waals surface area contributed by atoms with Crippen LogP contribution in [0, 0.1) is 22.9 Å². The van der Waals surface area contributed by atoms with Gasteiger partial charge in [0.15, 0.2) is 0 Å². The van der Waals surface area contributed by atoms with Gasteiger partial charge >= 0.3 is 0 Å².